The standard InChI is InChI=1S/C14H18N4OS/c1-9(2)8-19-13-11(15)4-5-12(18-13)20-14-16-6-10(3)7-17-14/h4-7,9H,8,15H2,1-3H3. The molecule has 20 heavy (non-hydrogen) atoms. The Bertz CT molecular complexity index is 572. The molecule has 5 nitrogen and oxygen atoms in total. The Morgan fingerprint density at radius 3 is 2.60 bits per heavy atom. The molecule has 2 rings (SSSR count). The number of ether oxygens (including phenoxy) is 1. The average molecular weight is 290 g/mol. The van der Waals surface area contributed by atoms with Gasteiger partial charge in [0.25, 0.3) is 0 Å². The van der Waals surface area contributed by atoms with E-state index in [1.807, 2.05) is 13.0 Å². The van der Waals surface area contributed by atoms with Crippen LogP contribution in [-0.2, 0) is 0 Å². The highest BCUT2D eigenvalue weighted by Gasteiger charge is 2.08. The van der Waals surface area contributed by atoms with Crippen LogP contribution < -0.4 is 10.5 Å². The number of hydrogen-bond acceptors (Lipinski definition) is 6. The van der Waals surface area contributed by atoms with Crippen LogP contribution in [0.4, 0.5) is 5.69 Å². The van der Waals surface area contributed by atoms with Crippen molar-refractivity contribution in [1.82, 2.24) is 15.0 Å². The van der Waals surface area contributed by atoms with E-state index in [1.165, 1.54) is 11.8 Å². The fourth-order valence-electron chi connectivity index (χ4n) is 1.38. The molecule has 2 heterocycles. The summed E-state index contributed by atoms with van der Waals surface area (Å²) in [7, 11) is 0. The first-order chi connectivity index (χ1) is 9.54. The number of nitrogens with two attached hydrogens (primary N) is 1. The Morgan fingerprint density at radius 1 is 1.25 bits per heavy atom. The quantitative estimate of drug-likeness (QED) is 0.853. The third kappa shape index (κ3) is 4.09. The van der Waals surface area contributed by atoms with Gasteiger partial charge in [-0.2, -0.15) is 0 Å². The summed E-state index contributed by atoms with van der Waals surface area (Å²) in [5.74, 6) is 0.892. The highest BCUT2D eigenvalue weighted by atomic mass is 32.2. The predicted octanol–water partition coefficient (Wildman–Crippen LogP) is 2.95. The summed E-state index contributed by atoms with van der Waals surface area (Å²) >= 11 is 1.38. The smallest absolute Gasteiger partial charge is 0.238 e. The van der Waals surface area contributed by atoms with E-state index in [4.69, 9.17) is 10.5 Å². The molecule has 2 aromatic rings. The maximum Gasteiger partial charge on any atom is 0.238 e. The van der Waals surface area contributed by atoms with Gasteiger partial charge in [-0.15, -0.1) is 0 Å². The van der Waals surface area contributed by atoms with Gasteiger partial charge in [-0.1, -0.05) is 13.8 Å². The lowest BCUT2D eigenvalue weighted by Gasteiger charge is -2.10. The minimum absolute atomic E-state index is 0.424. The van der Waals surface area contributed by atoms with Gasteiger partial charge in [-0.3, -0.25) is 0 Å². The highest BCUT2D eigenvalue weighted by molar-refractivity contribution is 7.99. The molecule has 2 N–H and O–H groups in total. The third-order valence-corrected chi connectivity index (χ3v) is 3.20. The molecule has 0 aliphatic carbocycles. The minimum atomic E-state index is 0.424. The zero-order valence-electron chi connectivity index (χ0n) is 11.8. The second-order valence-corrected chi connectivity index (χ2v) is 5.88. The van der Waals surface area contributed by atoms with Crippen molar-refractivity contribution in [3.8, 4) is 5.88 Å². The number of rotatable bonds is 5. The van der Waals surface area contributed by atoms with Gasteiger partial charge in [-0.05, 0) is 42.3 Å². The molecule has 2 aromatic heterocycles. The first-order valence-electron chi connectivity index (χ1n) is 6.40. The zero-order chi connectivity index (χ0) is 14.5. The number of nitrogen functional groups attached to an aromatic ring is 1. The Labute approximate surface area is 123 Å². The van der Waals surface area contributed by atoms with E-state index in [0.29, 0.717) is 29.2 Å². The van der Waals surface area contributed by atoms with Gasteiger partial charge >= 0.3 is 0 Å². The van der Waals surface area contributed by atoms with E-state index < -0.39 is 0 Å². The molecule has 0 bridgehead atoms. The van der Waals surface area contributed by atoms with E-state index >= 15 is 0 Å². The SMILES string of the molecule is Cc1cnc(Sc2ccc(N)c(OCC(C)C)n2)nc1. The summed E-state index contributed by atoms with van der Waals surface area (Å²) in [6, 6.07) is 3.63. The van der Waals surface area contributed by atoms with Crippen molar-refractivity contribution < 1.29 is 4.74 Å². The topological polar surface area (TPSA) is 73.9 Å². The van der Waals surface area contributed by atoms with Gasteiger partial charge in [0.2, 0.25) is 5.88 Å². The van der Waals surface area contributed by atoms with Gasteiger partial charge in [0.1, 0.15) is 5.03 Å². The summed E-state index contributed by atoms with van der Waals surface area (Å²) in [4.78, 5) is 12.9. The molecule has 0 amide bonds. The number of hydrogen-bond donors (Lipinski definition) is 1. The second kappa shape index (κ2) is 6.56. The molecule has 0 saturated carbocycles. The average Bonchev–Trinajstić information content (AvgIpc) is 2.42. The van der Waals surface area contributed by atoms with E-state index in [0.717, 1.165) is 10.6 Å². The normalized spacial score (nSPS) is 10.8. The van der Waals surface area contributed by atoms with Gasteiger partial charge in [-0.25, -0.2) is 15.0 Å². The largest absolute Gasteiger partial charge is 0.476 e. The molecule has 0 radical (unpaired) electrons. The van der Waals surface area contributed by atoms with Gasteiger partial charge in [0.05, 0.1) is 12.3 Å². The van der Waals surface area contributed by atoms with Crippen LogP contribution in [0.2, 0.25) is 0 Å². The van der Waals surface area contributed by atoms with Crippen molar-refractivity contribution in [2.75, 3.05) is 12.3 Å². The van der Waals surface area contributed by atoms with Crippen LogP contribution >= 0.6 is 11.8 Å². The molecule has 0 spiro atoms. The van der Waals surface area contributed by atoms with Crippen LogP contribution in [0.5, 0.6) is 5.88 Å². The number of nitrogens with zero attached hydrogens (tertiary/aromatic N) is 3. The summed E-state index contributed by atoms with van der Waals surface area (Å²) in [6.07, 6.45) is 3.56. The molecule has 0 aromatic carbocycles. The molecule has 106 valence electrons. The fraction of sp³-hybridized carbons (Fsp3) is 0.357. The first-order valence-corrected chi connectivity index (χ1v) is 7.22. The van der Waals surface area contributed by atoms with Gasteiger partial charge in [0, 0.05) is 12.4 Å². The molecular weight excluding hydrogens is 272 g/mol. The molecule has 0 fully saturated rings. The monoisotopic (exact) mass is 290 g/mol. The van der Waals surface area contributed by atoms with E-state index in [2.05, 4.69) is 28.8 Å². The molecule has 6 heteroatoms. The minimum Gasteiger partial charge on any atom is -0.476 e. The summed E-state index contributed by atoms with van der Waals surface area (Å²) in [5.41, 5.74) is 7.43. The van der Waals surface area contributed by atoms with Crippen molar-refractivity contribution >= 4 is 17.4 Å². The lowest BCUT2D eigenvalue weighted by molar-refractivity contribution is 0.261. The Balaban J connectivity index is 2.12. The van der Waals surface area contributed by atoms with Gasteiger partial charge in [0.15, 0.2) is 5.16 Å². The molecule has 0 aliphatic heterocycles. The summed E-state index contributed by atoms with van der Waals surface area (Å²) in [5, 5.41) is 1.42. The Morgan fingerprint density at radius 2 is 1.95 bits per heavy atom. The van der Waals surface area contributed by atoms with Gasteiger partial charge < -0.3 is 10.5 Å². The van der Waals surface area contributed by atoms with Crippen LogP contribution in [0.1, 0.15) is 19.4 Å². The number of aryl methyl sites for hydroxylation is 1. The Kier molecular flexibility index (Phi) is 4.79. The van der Waals surface area contributed by atoms with E-state index in [1.54, 1.807) is 18.5 Å². The lowest BCUT2D eigenvalue weighted by atomic mass is 10.2. The van der Waals surface area contributed by atoms with Crippen molar-refractivity contribution in [3.63, 3.8) is 0 Å². The Hall–Kier alpha value is -1.82. The second-order valence-electron chi connectivity index (χ2n) is 4.89. The molecular formula is C14H18N4OS. The molecule has 0 atom stereocenters. The van der Waals surface area contributed by atoms with Crippen LogP contribution in [0, 0.1) is 12.8 Å². The summed E-state index contributed by atoms with van der Waals surface area (Å²) < 4.78 is 5.61. The summed E-state index contributed by atoms with van der Waals surface area (Å²) in [6.45, 7) is 6.70. The van der Waals surface area contributed by atoms with Crippen LogP contribution in [0.25, 0.3) is 0 Å². The fourth-order valence-corrected chi connectivity index (χ4v) is 2.04. The number of pyridine rings is 1. The zero-order valence-corrected chi connectivity index (χ0v) is 12.6. The predicted molar refractivity (Wildman–Crippen MR) is 79.9 cm³/mol. The molecule has 0 saturated heterocycles. The van der Waals surface area contributed by atoms with Crippen molar-refractivity contribution in [2.45, 2.75) is 31.0 Å². The van der Waals surface area contributed by atoms with Crippen LogP contribution in [-0.4, -0.2) is 21.6 Å². The van der Waals surface area contributed by atoms with Crippen molar-refractivity contribution in [2.24, 2.45) is 5.92 Å². The van der Waals surface area contributed by atoms with Crippen LogP contribution in [0.3, 0.4) is 0 Å². The molecule has 0 aliphatic rings. The van der Waals surface area contributed by atoms with E-state index in [-0.39, 0.29) is 0 Å². The lowest BCUT2D eigenvalue weighted by Crippen LogP contribution is -2.07. The maximum absolute atomic E-state index is 5.86. The van der Waals surface area contributed by atoms with Crippen LogP contribution in [0.15, 0.2) is 34.7 Å². The first kappa shape index (κ1) is 14.6. The number of aromatic nitrogens is 3. The van der Waals surface area contributed by atoms with E-state index in [9.17, 15) is 0 Å². The third-order valence-electron chi connectivity index (χ3n) is 2.37. The maximum atomic E-state index is 5.86. The van der Waals surface area contributed by atoms with Crippen molar-refractivity contribution in [1.29, 1.82) is 0 Å². The highest BCUT2D eigenvalue weighted by Crippen LogP contribution is 2.27. The number of anilines is 1. The molecule has 0 unspecified atom stereocenters. The van der Waals surface area contributed by atoms with Crippen molar-refractivity contribution in [3.05, 3.63) is 30.1 Å².